The summed E-state index contributed by atoms with van der Waals surface area (Å²) in [4.78, 5) is 11.6. The summed E-state index contributed by atoms with van der Waals surface area (Å²) in [5.41, 5.74) is 7.46. The van der Waals surface area contributed by atoms with E-state index < -0.39 is 5.97 Å². The third kappa shape index (κ3) is 3.87. The van der Waals surface area contributed by atoms with Gasteiger partial charge in [-0.25, -0.2) is 4.79 Å². The van der Waals surface area contributed by atoms with Gasteiger partial charge in [0.1, 0.15) is 0 Å². The van der Waals surface area contributed by atoms with Crippen LogP contribution in [0.5, 0.6) is 0 Å². The summed E-state index contributed by atoms with van der Waals surface area (Å²) >= 11 is 0. The Kier molecular flexibility index (Phi) is 5.24. The molecule has 0 bridgehead atoms. The first kappa shape index (κ1) is 14.7. The summed E-state index contributed by atoms with van der Waals surface area (Å²) in [7, 11) is 1.35. The molecule has 0 amide bonds. The van der Waals surface area contributed by atoms with Gasteiger partial charge in [0.2, 0.25) is 0 Å². The highest BCUT2D eigenvalue weighted by atomic mass is 16.5. The summed E-state index contributed by atoms with van der Waals surface area (Å²) in [5, 5.41) is 3.30. The average molecular weight is 278 g/mol. The lowest BCUT2D eigenvalue weighted by Crippen LogP contribution is -2.22. The van der Waals surface area contributed by atoms with E-state index in [4.69, 9.17) is 15.2 Å². The fraction of sp³-hybridized carbons (Fsp3) is 0.533. The molecule has 0 aliphatic carbocycles. The monoisotopic (exact) mass is 278 g/mol. The molecule has 1 fully saturated rings. The molecule has 1 aromatic carbocycles. The number of nitrogens with one attached hydrogen (secondary N) is 1. The van der Waals surface area contributed by atoms with E-state index >= 15 is 0 Å². The predicted molar refractivity (Wildman–Crippen MR) is 78.9 cm³/mol. The maximum Gasteiger partial charge on any atom is 0.340 e. The Hall–Kier alpha value is -1.75. The molecule has 0 spiro atoms. The average Bonchev–Trinajstić information content (AvgIpc) is 2.49. The molecule has 5 heteroatoms. The van der Waals surface area contributed by atoms with Crippen molar-refractivity contribution < 1.29 is 14.3 Å². The van der Waals surface area contributed by atoms with Crippen molar-refractivity contribution in [2.45, 2.75) is 31.8 Å². The minimum atomic E-state index is -0.415. The van der Waals surface area contributed by atoms with Crippen LogP contribution >= 0.6 is 0 Å². The summed E-state index contributed by atoms with van der Waals surface area (Å²) in [6.45, 7) is 1.69. The molecule has 1 saturated heterocycles. The molecule has 0 radical (unpaired) electrons. The lowest BCUT2D eigenvalue weighted by molar-refractivity contribution is 0.0134. The Morgan fingerprint density at radius 3 is 3.05 bits per heavy atom. The summed E-state index contributed by atoms with van der Waals surface area (Å²) in [5.74, 6) is -0.415. The van der Waals surface area contributed by atoms with E-state index in [1.165, 1.54) is 20.0 Å². The lowest BCUT2D eigenvalue weighted by atomic mass is 10.1. The van der Waals surface area contributed by atoms with E-state index in [0.29, 0.717) is 17.4 Å². The van der Waals surface area contributed by atoms with Gasteiger partial charge in [0.05, 0.1) is 18.8 Å². The van der Waals surface area contributed by atoms with Crippen molar-refractivity contribution in [2.24, 2.45) is 0 Å². The fourth-order valence-corrected chi connectivity index (χ4v) is 2.37. The molecule has 3 N–H and O–H groups in total. The number of esters is 1. The van der Waals surface area contributed by atoms with Crippen molar-refractivity contribution in [2.75, 3.05) is 31.3 Å². The third-order valence-electron chi connectivity index (χ3n) is 3.53. The number of hydrogen-bond acceptors (Lipinski definition) is 5. The Labute approximate surface area is 119 Å². The van der Waals surface area contributed by atoms with Gasteiger partial charge in [0.15, 0.2) is 0 Å². The van der Waals surface area contributed by atoms with E-state index in [2.05, 4.69) is 5.32 Å². The molecule has 1 unspecified atom stereocenters. The van der Waals surface area contributed by atoms with Crippen LogP contribution < -0.4 is 11.1 Å². The number of methoxy groups -OCH3 is 1. The zero-order valence-corrected chi connectivity index (χ0v) is 11.9. The van der Waals surface area contributed by atoms with Gasteiger partial charge in [0, 0.05) is 24.5 Å². The fourth-order valence-electron chi connectivity index (χ4n) is 2.37. The van der Waals surface area contributed by atoms with Crippen LogP contribution in [-0.4, -0.2) is 32.3 Å². The summed E-state index contributed by atoms with van der Waals surface area (Å²) in [6, 6.07) is 5.30. The number of carbonyl (C=O) groups excluding carboxylic acids is 1. The molecular weight excluding hydrogens is 256 g/mol. The van der Waals surface area contributed by atoms with Crippen molar-refractivity contribution in [3.63, 3.8) is 0 Å². The molecule has 1 heterocycles. The highest BCUT2D eigenvalue weighted by Gasteiger charge is 2.14. The molecule has 20 heavy (non-hydrogen) atoms. The van der Waals surface area contributed by atoms with Gasteiger partial charge in [-0.05, 0) is 43.9 Å². The zero-order valence-electron chi connectivity index (χ0n) is 11.9. The van der Waals surface area contributed by atoms with Crippen LogP contribution in [0.1, 0.15) is 36.0 Å². The highest BCUT2D eigenvalue weighted by molar-refractivity contribution is 5.96. The van der Waals surface area contributed by atoms with E-state index in [0.717, 1.165) is 31.7 Å². The highest BCUT2D eigenvalue weighted by Crippen LogP contribution is 2.20. The van der Waals surface area contributed by atoms with Crippen molar-refractivity contribution in [1.82, 2.24) is 0 Å². The van der Waals surface area contributed by atoms with Gasteiger partial charge in [-0.1, -0.05) is 0 Å². The predicted octanol–water partition coefficient (Wildman–Crippen LogP) is 2.43. The Balaban J connectivity index is 1.87. The molecular formula is C15H22N2O3. The quantitative estimate of drug-likeness (QED) is 0.639. The van der Waals surface area contributed by atoms with Gasteiger partial charge in [0.25, 0.3) is 0 Å². The molecule has 110 valence electrons. The van der Waals surface area contributed by atoms with E-state index in [-0.39, 0.29) is 0 Å². The van der Waals surface area contributed by atoms with Gasteiger partial charge in [-0.3, -0.25) is 0 Å². The van der Waals surface area contributed by atoms with Gasteiger partial charge < -0.3 is 20.5 Å². The molecule has 1 aliphatic heterocycles. The first-order valence-electron chi connectivity index (χ1n) is 7.04. The van der Waals surface area contributed by atoms with Gasteiger partial charge in [-0.15, -0.1) is 0 Å². The van der Waals surface area contributed by atoms with E-state index in [9.17, 15) is 4.79 Å². The SMILES string of the molecule is COC(=O)c1cc(NCCC2CCCCO2)ccc1N. The van der Waals surface area contributed by atoms with Crippen molar-refractivity contribution in [1.29, 1.82) is 0 Å². The summed E-state index contributed by atoms with van der Waals surface area (Å²) in [6.07, 6.45) is 4.88. The van der Waals surface area contributed by atoms with Crippen LogP contribution in [0, 0.1) is 0 Å². The van der Waals surface area contributed by atoms with Crippen LogP contribution in [0.2, 0.25) is 0 Å². The maximum absolute atomic E-state index is 11.6. The minimum Gasteiger partial charge on any atom is -0.465 e. The van der Waals surface area contributed by atoms with Crippen molar-refractivity contribution in [3.05, 3.63) is 23.8 Å². The minimum absolute atomic E-state index is 0.352. The van der Waals surface area contributed by atoms with E-state index in [1.54, 1.807) is 12.1 Å². The Bertz CT molecular complexity index is 456. The molecule has 0 saturated carbocycles. The normalized spacial score (nSPS) is 18.6. The second-order valence-electron chi connectivity index (χ2n) is 5.00. The van der Waals surface area contributed by atoms with E-state index in [1.807, 2.05) is 6.07 Å². The molecule has 0 aromatic heterocycles. The number of rotatable bonds is 5. The van der Waals surface area contributed by atoms with Gasteiger partial charge in [-0.2, -0.15) is 0 Å². The molecule has 2 rings (SSSR count). The smallest absolute Gasteiger partial charge is 0.340 e. The third-order valence-corrected chi connectivity index (χ3v) is 3.53. The topological polar surface area (TPSA) is 73.6 Å². The van der Waals surface area contributed by atoms with Crippen LogP contribution in [-0.2, 0) is 9.47 Å². The van der Waals surface area contributed by atoms with Crippen LogP contribution in [0.25, 0.3) is 0 Å². The standard InChI is InChI=1S/C15H22N2O3/c1-19-15(18)13-10-11(5-6-14(13)16)17-8-7-12-4-2-3-9-20-12/h5-6,10,12,17H,2-4,7-9,16H2,1H3. The second-order valence-corrected chi connectivity index (χ2v) is 5.00. The Morgan fingerprint density at radius 2 is 2.35 bits per heavy atom. The van der Waals surface area contributed by atoms with Crippen LogP contribution in [0.15, 0.2) is 18.2 Å². The molecule has 1 aliphatic rings. The second kappa shape index (κ2) is 7.14. The number of benzene rings is 1. The first-order chi connectivity index (χ1) is 9.70. The number of nitrogens with two attached hydrogens (primary N) is 1. The molecule has 5 nitrogen and oxygen atoms in total. The first-order valence-corrected chi connectivity index (χ1v) is 7.04. The maximum atomic E-state index is 11.6. The zero-order chi connectivity index (χ0) is 14.4. The number of ether oxygens (including phenoxy) is 2. The number of nitrogen functional groups attached to an aromatic ring is 1. The number of anilines is 2. The summed E-state index contributed by atoms with van der Waals surface area (Å²) < 4.78 is 10.4. The largest absolute Gasteiger partial charge is 0.465 e. The van der Waals surface area contributed by atoms with Gasteiger partial charge >= 0.3 is 5.97 Å². The molecule has 1 aromatic rings. The number of hydrogen-bond donors (Lipinski definition) is 2. The van der Waals surface area contributed by atoms with Crippen LogP contribution in [0.4, 0.5) is 11.4 Å². The molecule has 1 atom stereocenters. The number of carbonyl (C=O) groups is 1. The Morgan fingerprint density at radius 1 is 1.50 bits per heavy atom. The van der Waals surface area contributed by atoms with Crippen molar-refractivity contribution >= 4 is 17.3 Å². The van der Waals surface area contributed by atoms with Crippen molar-refractivity contribution in [3.8, 4) is 0 Å². The lowest BCUT2D eigenvalue weighted by Gasteiger charge is -2.22. The van der Waals surface area contributed by atoms with Crippen LogP contribution in [0.3, 0.4) is 0 Å².